The molecule has 0 bridgehead atoms. The summed E-state index contributed by atoms with van der Waals surface area (Å²) in [6.07, 6.45) is 0.354. The predicted octanol–water partition coefficient (Wildman–Crippen LogP) is -0.0295. The van der Waals surface area contributed by atoms with Crippen LogP contribution in [0.3, 0.4) is 0 Å². The first-order valence-corrected chi connectivity index (χ1v) is 5.65. The van der Waals surface area contributed by atoms with Crippen molar-refractivity contribution in [2.45, 2.75) is 39.7 Å². The standard InChI is InChI=1S/C11H20N2O4/c1-4-17-11(16)7-8(2)13-10(15)5-6-12-9(3)14/h8H,4-7H2,1-3H3,(H,12,14)(H,13,15)/t8-/m0/s1. The average molecular weight is 244 g/mol. The molecule has 0 saturated carbocycles. The molecule has 0 heterocycles. The van der Waals surface area contributed by atoms with Crippen molar-refractivity contribution in [1.82, 2.24) is 10.6 Å². The largest absolute Gasteiger partial charge is 0.466 e. The number of esters is 1. The highest BCUT2D eigenvalue weighted by Gasteiger charge is 2.12. The van der Waals surface area contributed by atoms with Crippen molar-refractivity contribution in [3.63, 3.8) is 0 Å². The number of hydrogen-bond acceptors (Lipinski definition) is 4. The molecule has 6 heteroatoms. The van der Waals surface area contributed by atoms with E-state index in [9.17, 15) is 14.4 Å². The number of ether oxygens (including phenoxy) is 1. The summed E-state index contributed by atoms with van der Waals surface area (Å²) < 4.78 is 4.76. The molecular formula is C11H20N2O4. The maximum Gasteiger partial charge on any atom is 0.307 e. The molecule has 2 amide bonds. The number of amides is 2. The molecule has 0 aliphatic carbocycles. The first-order chi connectivity index (χ1) is 7.95. The van der Waals surface area contributed by atoms with Gasteiger partial charge >= 0.3 is 5.97 Å². The van der Waals surface area contributed by atoms with Crippen molar-refractivity contribution < 1.29 is 19.1 Å². The van der Waals surface area contributed by atoms with Crippen LogP contribution in [-0.2, 0) is 19.1 Å². The van der Waals surface area contributed by atoms with E-state index in [2.05, 4.69) is 10.6 Å². The molecule has 0 saturated heterocycles. The summed E-state index contributed by atoms with van der Waals surface area (Å²) in [6.45, 7) is 5.48. The van der Waals surface area contributed by atoms with Crippen LogP contribution in [0.1, 0.15) is 33.6 Å². The second-order valence-corrected chi connectivity index (χ2v) is 3.71. The predicted molar refractivity (Wildman–Crippen MR) is 62.2 cm³/mol. The average Bonchev–Trinajstić information content (AvgIpc) is 2.16. The van der Waals surface area contributed by atoms with Crippen molar-refractivity contribution >= 4 is 17.8 Å². The fraction of sp³-hybridized carbons (Fsp3) is 0.727. The molecule has 1 atom stereocenters. The van der Waals surface area contributed by atoms with E-state index in [4.69, 9.17) is 4.74 Å². The van der Waals surface area contributed by atoms with E-state index in [1.807, 2.05) is 0 Å². The summed E-state index contributed by atoms with van der Waals surface area (Å²) in [7, 11) is 0. The third kappa shape index (κ3) is 9.35. The fourth-order valence-corrected chi connectivity index (χ4v) is 1.22. The molecule has 0 rings (SSSR count). The Morgan fingerprint density at radius 2 is 1.94 bits per heavy atom. The van der Waals surface area contributed by atoms with Gasteiger partial charge in [0, 0.05) is 25.9 Å². The maximum absolute atomic E-state index is 11.4. The zero-order chi connectivity index (χ0) is 13.3. The smallest absolute Gasteiger partial charge is 0.307 e. The molecule has 17 heavy (non-hydrogen) atoms. The first kappa shape index (κ1) is 15.4. The Labute approximate surface area is 101 Å². The van der Waals surface area contributed by atoms with Crippen molar-refractivity contribution in [2.75, 3.05) is 13.2 Å². The molecule has 0 aliphatic rings. The molecule has 0 unspecified atom stereocenters. The van der Waals surface area contributed by atoms with Crippen molar-refractivity contribution in [3.05, 3.63) is 0 Å². The fourth-order valence-electron chi connectivity index (χ4n) is 1.22. The molecule has 98 valence electrons. The molecular weight excluding hydrogens is 224 g/mol. The van der Waals surface area contributed by atoms with E-state index in [-0.39, 0.29) is 36.7 Å². The van der Waals surface area contributed by atoms with Gasteiger partial charge in [-0.1, -0.05) is 0 Å². The third-order valence-electron chi connectivity index (χ3n) is 1.91. The van der Waals surface area contributed by atoms with Gasteiger partial charge in [0.05, 0.1) is 13.0 Å². The number of carbonyl (C=O) groups is 3. The Hall–Kier alpha value is -1.59. The van der Waals surface area contributed by atoms with E-state index < -0.39 is 0 Å². The zero-order valence-corrected chi connectivity index (χ0v) is 10.5. The van der Waals surface area contributed by atoms with Gasteiger partial charge in [-0.3, -0.25) is 14.4 Å². The van der Waals surface area contributed by atoms with Gasteiger partial charge in [-0.2, -0.15) is 0 Å². The van der Waals surface area contributed by atoms with Crippen LogP contribution in [0.5, 0.6) is 0 Å². The quantitative estimate of drug-likeness (QED) is 0.616. The second kappa shape index (κ2) is 8.55. The van der Waals surface area contributed by atoms with Crippen LogP contribution in [0.2, 0.25) is 0 Å². The first-order valence-electron chi connectivity index (χ1n) is 5.65. The van der Waals surface area contributed by atoms with Gasteiger partial charge < -0.3 is 15.4 Å². The van der Waals surface area contributed by atoms with Gasteiger partial charge in [0.1, 0.15) is 0 Å². The lowest BCUT2D eigenvalue weighted by Crippen LogP contribution is -2.36. The third-order valence-corrected chi connectivity index (χ3v) is 1.91. The van der Waals surface area contributed by atoms with Gasteiger partial charge in [-0.05, 0) is 13.8 Å². The van der Waals surface area contributed by atoms with E-state index in [0.29, 0.717) is 13.2 Å². The lowest BCUT2D eigenvalue weighted by Gasteiger charge is -2.13. The van der Waals surface area contributed by atoms with Crippen LogP contribution in [0.15, 0.2) is 0 Å². The Kier molecular flexibility index (Phi) is 7.75. The number of hydrogen-bond donors (Lipinski definition) is 2. The Bertz CT molecular complexity index is 279. The summed E-state index contributed by atoms with van der Waals surface area (Å²) in [5.74, 6) is -0.699. The minimum Gasteiger partial charge on any atom is -0.466 e. The molecule has 0 aliphatic heterocycles. The van der Waals surface area contributed by atoms with Gasteiger partial charge in [-0.15, -0.1) is 0 Å². The lowest BCUT2D eigenvalue weighted by atomic mass is 10.2. The summed E-state index contributed by atoms with van der Waals surface area (Å²) in [5.41, 5.74) is 0. The van der Waals surface area contributed by atoms with Crippen molar-refractivity contribution in [2.24, 2.45) is 0 Å². The van der Waals surface area contributed by atoms with E-state index in [0.717, 1.165) is 0 Å². The van der Waals surface area contributed by atoms with E-state index in [1.165, 1.54) is 6.92 Å². The van der Waals surface area contributed by atoms with Crippen molar-refractivity contribution in [1.29, 1.82) is 0 Å². The molecule has 0 fully saturated rings. The number of nitrogens with one attached hydrogen (secondary N) is 2. The van der Waals surface area contributed by atoms with E-state index in [1.54, 1.807) is 13.8 Å². The Morgan fingerprint density at radius 3 is 2.47 bits per heavy atom. The minimum atomic E-state index is -0.331. The molecule has 6 nitrogen and oxygen atoms in total. The van der Waals surface area contributed by atoms with Gasteiger partial charge in [-0.25, -0.2) is 0 Å². The van der Waals surface area contributed by atoms with Gasteiger partial charge in [0.25, 0.3) is 0 Å². The SMILES string of the molecule is CCOC(=O)C[C@H](C)NC(=O)CCNC(C)=O. The lowest BCUT2D eigenvalue weighted by molar-refractivity contribution is -0.143. The zero-order valence-electron chi connectivity index (χ0n) is 10.5. The monoisotopic (exact) mass is 244 g/mol. The van der Waals surface area contributed by atoms with Crippen LogP contribution in [0, 0.1) is 0 Å². The topological polar surface area (TPSA) is 84.5 Å². The molecule has 0 aromatic heterocycles. The van der Waals surface area contributed by atoms with Gasteiger partial charge in [0.15, 0.2) is 0 Å². The van der Waals surface area contributed by atoms with E-state index >= 15 is 0 Å². The van der Waals surface area contributed by atoms with Crippen LogP contribution in [-0.4, -0.2) is 37.0 Å². The number of carbonyl (C=O) groups excluding carboxylic acids is 3. The molecule has 0 aromatic carbocycles. The van der Waals surface area contributed by atoms with Gasteiger partial charge in [0.2, 0.25) is 11.8 Å². The minimum absolute atomic E-state index is 0.152. The van der Waals surface area contributed by atoms with Crippen LogP contribution in [0.25, 0.3) is 0 Å². The highest BCUT2D eigenvalue weighted by Crippen LogP contribution is 1.94. The second-order valence-electron chi connectivity index (χ2n) is 3.71. The maximum atomic E-state index is 11.4. The summed E-state index contributed by atoms with van der Waals surface area (Å²) in [4.78, 5) is 33.0. The molecule has 0 radical (unpaired) electrons. The highest BCUT2D eigenvalue weighted by molar-refractivity contribution is 5.79. The summed E-state index contributed by atoms with van der Waals surface area (Å²) in [5, 5.41) is 5.17. The molecule has 0 aromatic rings. The summed E-state index contributed by atoms with van der Waals surface area (Å²) >= 11 is 0. The molecule has 0 spiro atoms. The van der Waals surface area contributed by atoms with Crippen LogP contribution in [0.4, 0.5) is 0 Å². The normalized spacial score (nSPS) is 11.5. The number of rotatable bonds is 7. The Balaban J connectivity index is 3.72. The molecule has 2 N–H and O–H groups in total. The van der Waals surface area contributed by atoms with Crippen molar-refractivity contribution in [3.8, 4) is 0 Å². The van der Waals surface area contributed by atoms with Crippen LogP contribution >= 0.6 is 0 Å². The van der Waals surface area contributed by atoms with Crippen LogP contribution < -0.4 is 10.6 Å². The summed E-state index contributed by atoms with van der Waals surface area (Å²) in [6, 6.07) is -0.265. The Morgan fingerprint density at radius 1 is 1.29 bits per heavy atom. The highest BCUT2D eigenvalue weighted by atomic mass is 16.5.